The van der Waals surface area contributed by atoms with Crippen molar-refractivity contribution in [1.29, 1.82) is 0 Å². The van der Waals surface area contributed by atoms with E-state index in [-0.39, 0.29) is 12.6 Å². The minimum atomic E-state index is -1.23. The van der Waals surface area contributed by atoms with Crippen LogP contribution < -0.4 is 0 Å². The molecule has 0 atom stereocenters. The molecule has 0 radical (unpaired) electrons. The molecule has 0 aliphatic rings. The Bertz CT molecular complexity index is 302. The molecule has 0 unspecified atom stereocenters. The highest BCUT2D eigenvalue weighted by Crippen LogP contribution is 2.07. The van der Waals surface area contributed by atoms with E-state index in [2.05, 4.69) is 0 Å². The molecule has 2 N–H and O–H groups in total. The summed E-state index contributed by atoms with van der Waals surface area (Å²) in [6, 6.07) is 5.48. The molecular formula is C8H7O4+. The third-order valence-electron chi connectivity index (χ3n) is 1.39. The van der Waals surface area contributed by atoms with Crippen LogP contribution in [-0.4, -0.2) is 22.2 Å². The molecule has 62 valence electrons. The monoisotopic (exact) mass is 167 g/mol. The summed E-state index contributed by atoms with van der Waals surface area (Å²) in [5, 5.41) is 17.1. The van der Waals surface area contributed by atoms with Crippen molar-refractivity contribution in [2.24, 2.45) is 0 Å². The smallest absolute Gasteiger partial charge is 0.478 e. The second-order valence-electron chi connectivity index (χ2n) is 2.16. The molecule has 0 aliphatic heterocycles. The van der Waals surface area contributed by atoms with Crippen molar-refractivity contribution in [2.45, 2.75) is 0 Å². The Hall–Kier alpha value is -1.84. The van der Waals surface area contributed by atoms with Crippen molar-refractivity contribution in [3.8, 4) is 0 Å². The average molecular weight is 167 g/mol. The molecule has 0 amide bonds. The standard InChI is InChI=1S/C8H6O4/c9-7(10)5-3-1-2-4-6(5)8(11)12/h1-4H,(H,9,10)(H,11,12)/p+1. The van der Waals surface area contributed by atoms with Gasteiger partial charge in [0.15, 0.2) is 0 Å². The van der Waals surface area contributed by atoms with Crippen LogP contribution >= 0.6 is 0 Å². The zero-order valence-electron chi connectivity index (χ0n) is 7.02. The van der Waals surface area contributed by atoms with Crippen LogP contribution in [0.5, 0.6) is 0 Å². The van der Waals surface area contributed by atoms with Gasteiger partial charge in [-0.25, -0.2) is 9.59 Å². The van der Waals surface area contributed by atoms with Crippen molar-refractivity contribution in [1.82, 2.24) is 0 Å². The molecule has 12 heavy (non-hydrogen) atoms. The third kappa shape index (κ3) is 1.42. The first-order valence-corrected chi connectivity index (χ1v) is 3.18. The number of aromatic carboxylic acids is 2. The lowest BCUT2D eigenvalue weighted by Gasteiger charge is -1.98. The lowest BCUT2D eigenvalue weighted by Crippen LogP contribution is -2.06. The van der Waals surface area contributed by atoms with Gasteiger partial charge in [0.05, 0.1) is 11.1 Å². The van der Waals surface area contributed by atoms with Crippen molar-refractivity contribution in [2.75, 3.05) is 0 Å². The van der Waals surface area contributed by atoms with Crippen LogP contribution in [-0.2, 0) is 0 Å². The number of hydrogen-bond donors (Lipinski definition) is 2. The highest BCUT2D eigenvalue weighted by molar-refractivity contribution is 6.01. The number of rotatable bonds is 2. The largest absolute Gasteiger partial charge is 1.00 e. The van der Waals surface area contributed by atoms with E-state index >= 15 is 0 Å². The second-order valence-corrected chi connectivity index (χ2v) is 2.16. The first-order valence-electron chi connectivity index (χ1n) is 3.18. The van der Waals surface area contributed by atoms with Gasteiger partial charge in [-0.05, 0) is 12.1 Å². The van der Waals surface area contributed by atoms with Gasteiger partial charge >= 0.3 is 13.4 Å². The first kappa shape index (κ1) is 8.26. The summed E-state index contributed by atoms with van der Waals surface area (Å²) in [5.41, 5.74) is -0.380. The number of carboxylic acids is 2. The molecule has 1 aromatic carbocycles. The predicted molar refractivity (Wildman–Crippen MR) is 41.5 cm³/mol. The lowest BCUT2D eigenvalue weighted by atomic mass is 10.1. The van der Waals surface area contributed by atoms with Crippen LogP contribution in [0.1, 0.15) is 22.1 Å². The van der Waals surface area contributed by atoms with Crippen LogP contribution in [0, 0.1) is 0 Å². The van der Waals surface area contributed by atoms with E-state index in [0.29, 0.717) is 0 Å². The number of carbonyl (C=O) groups is 2. The van der Waals surface area contributed by atoms with E-state index in [1.165, 1.54) is 24.3 Å². The minimum Gasteiger partial charge on any atom is -0.478 e. The summed E-state index contributed by atoms with van der Waals surface area (Å²) in [7, 11) is 0. The maximum Gasteiger partial charge on any atom is 1.00 e. The van der Waals surface area contributed by atoms with Gasteiger partial charge in [0.2, 0.25) is 0 Å². The maximum atomic E-state index is 10.5. The van der Waals surface area contributed by atoms with Gasteiger partial charge in [0, 0.05) is 0 Å². The van der Waals surface area contributed by atoms with Gasteiger partial charge in [-0.1, -0.05) is 12.1 Å². The van der Waals surface area contributed by atoms with E-state index in [1.807, 2.05) is 0 Å². The van der Waals surface area contributed by atoms with Crippen molar-refractivity contribution < 1.29 is 21.2 Å². The predicted octanol–water partition coefficient (Wildman–Crippen LogP) is 1.20. The Kier molecular flexibility index (Phi) is 2.09. The molecule has 0 fully saturated rings. The topological polar surface area (TPSA) is 74.6 Å². The van der Waals surface area contributed by atoms with Crippen LogP contribution in [0.4, 0.5) is 0 Å². The van der Waals surface area contributed by atoms with Gasteiger partial charge in [-0.2, -0.15) is 0 Å². The molecule has 0 saturated carbocycles. The maximum absolute atomic E-state index is 10.5. The van der Waals surface area contributed by atoms with Crippen molar-refractivity contribution >= 4 is 11.9 Å². The molecule has 0 bridgehead atoms. The van der Waals surface area contributed by atoms with Gasteiger partial charge in [0.1, 0.15) is 0 Å². The van der Waals surface area contributed by atoms with E-state index in [9.17, 15) is 9.59 Å². The number of hydrogen-bond acceptors (Lipinski definition) is 2. The van der Waals surface area contributed by atoms with Crippen LogP contribution in [0.3, 0.4) is 0 Å². The fourth-order valence-corrected chi connectivity index (χ4v) is 0.856. The SMILES string of the molecule is O=C(O)c1ccccc1C(=O)O.[H+]. The summed E-state index contributed by atoms with van der Waals surface area (Å²) in [5.74, 6) is -2.46. The molecule has 0 aromatic heterocycles. The zero-order chi connectivity index (χ0) is 9.14. The van der Waals surface area contributed by atoms with E-state index in [4.69, 9.17) is 10.2 Å². The lowest BCUT2D eigenvalue weighted by molar-refractivity contribution is 0.0651. The summed E-state index contributed by atoms with van der Waals surface area (Å²) in [4.78, 5) is 20.9. The molecule has 0 heterocycles. The van der Waals surface area contributed by atoms with Crippen LogP contribution in [0.2, 0.25) is 0 Å². The Balaban J connectivity index is 0.00000144. The number of benzene rings is 1. The molecule has 0 spiro atoms. The second kappa shape index (κ2) is 3.04. The molecule has 4 heteroatoms. The average Bonchev–Trinajstić information content (AvgIpc) is 2.04. The van der Waals surface area contributed by atoms with Gasteiger partial charge in [0.25, 0.3) is 0 Å². The molecule has 0 aliphatic carbocycles. The van der Waals surface area contributed by atoms with Crippen LogP contribution in [0.25, 0.3) is 0 Å². The Morgan fingerprint density at radius 2 is 1.33 bits per heavy atom. The zero-order valence-corrected chi connectivity index (χ0v) is 6.02. The summed E-state index contributed by atoms with van der Waals surface area (Å²) >= 11 is 0. The first-order chi connectivity index (χ1) is 5.63. The molecular weight excluding hydrogens is 160 g/mol. The Morgan fingerprint density at radius 1 is 1.00 bits per heavy atom. The van der Waals surface area contributed by atoms with Gasteiger partial charge in [-0.15, -0.1) is 0 Å². The minimum absolute atomic E-state index is 0. The quantitative estimate of drug-likeness (QED) is 0.693. The van der Waals surface area contributed by atoms with E-state index in [0.717, 1.165) is 0 Å². The molecule has 0 saturated heterocycles. The van der Waals surface area contributed by atoms with Crippen molar-refractivity contribution in [3.05, 3.63) is 35.4 Å². The van der Waals surface area contributed by atoms with E-state index in [1.54, 1.807) is 0 Å². The van der Waals surface area contributed by atoms with Gasteiger partial charge in [-0.3, -0.25) is 0 Å². The summed E-state index contributed by atoms with van der Waals surface area (Å²) < 4.78 is 0. The van der Waals surface area contributed by atoms with Crippen molar-refractivity contribution in [3.63, 3.8) is 0 Å². The van der Waals surface area contributed by atoms with Crippen LogP contribution in [0.15, 0.2) is 24.3 Å². The molecule has 1 aromatic rings. The Morgan fingerprint density at radius 3 is 1.58 bits per heavy atom. The Labute approximate surface area is 69.6 Å². The highest BCUT2D eigenvalue weighted by Gasteiger charge is 2.13. The van der Waals surface area contributed by atoms with Gasteiger partial charge < -0.3 is 10.2 Å². The number of carboxylic acid groups (broad SMARTS) is 2. The highest BCUT2D eigenvalue weighted by atomic mass is 16.4. The summed E-state index contributed by atoms with van der Waals surface area (Å²) in [6.07, 6.45) is 0. The summed E-state index contributed by atoms with van der Waals surface area (Å²) in [6.45, 7) is 0. The third-order valence-corrected chi connectivity index (χ3v) is 1.39. The fourth-order valence-electron chi connectivity index (χ4n) is 0.856. The van der Waals surface area contributed by atoms with E-state index < -0.39 is 11.9 Å². The molecule has 1 rings (SSSR count). The fraction of sp³-hybridized carbons (Fsp3) is 0. The molecule has 4 nitrogen and oxygen atoms in total. The normalized spacial score (nSPS) is 9.33.